The van der Waals surface area contributed by atoms with Crippen LogP contribution in [0.3, 0.4) is 0 Å². The molecule has 0 saturated carbocycles. The SMILES string of the molecule is CN=C(NCCc1cc(C)cc(C)c1)NCc1cccc(-c2ncn[nH]2)c1.I. The van der Waals surface area contributed by atoms with Crippen LogP contribution in [0.5, 0.6) is 0 Å². The summed E-state index contributed by atoms with van der Waals surface area (Å²) in [5.74, 6) is 1.57. The first-order valence-corrected chi connectivity index (χ1v) is 9.10. The minimum absolute atomic E-state index is 0. The lowest BCUT2D eigenvalue weighted by Gasteiger charge is -2.13. The smallest absolute Gasteiger partial charge is 0.191 e. The molecule has 1 heterocycles. The Hall–Kier alpha value is -2.42. The number of benzene rings is 2. The van der Waals surface area contributed by atoms with Crippen molar-refractivity contribution >= 4 is 29.9 Å². The van der Waals surface area contributed by atoms with Crippen LogP contribution in [-0.4, -0.2) is 34.7 Å². The van der Waals surface area contributed by atoms with Crippen LogP contribution in [0.15, 0.2) is 53.8 Å². The summed E-state index contributed by atoms with van der Waals surface area (Å²) in [6.45, 7) is 5.79. The summed E-state index contributed by atoms with van der Waals surface area (Å²) in [4.78, 5) is 8.51. The van der Waals surface area contributed by atoms with E-state index in [1.165, 1.54) is 23.0 Å². The lowest BCUT2D eigenvalue weighted by molar-refractivity contribution is 0.794. The van der Waals surface area contributed by atoms with Gasteiger partial charge in [0, 0.05) is 25.7 Å². The zero-order valence-corrected chi connectivity index (χ0v) is 18.8. The summed E-state index contributed by atoms with van der Waals surface area (Å²) >= 11 is 0. The third-order valence-electron chi connectivity index (χ3n) is 4.29. The lowest BCUT2D eigenvalue weighted by atomic mass is 10.1. The van der Waals surface area contributed by atoms with Crippen LogP contribution < -0.4 is 10.6 Å². The average molecular weight is 490 g/mol. The molecule has 1 aromatic heterocycles. The summed E-state index contributed by atoms with van der Waals surface area (Å²) in [6.07, 6.45) is 2.48. The van der Waals surface area contributed by atoms with Crippen LogP contribution in [-0.2, 0) is 13.0 Å². The maximum atomic E-state index is 4.31. The minimum Gasteiger partial charge on any atom is -0.356 e. The molecule has 7 heteroatoms. The van der Waals surface area contributed by atoms with E-state index in [1.807, 2.05) is 12.1 Å². The number of guanidine groups is 1. The van der Waals surface area contributed by atoms with Crippen molar-refractivity contribution in [1.82, 2.24) is 25.8 Å². The molecule has 0 spiro atoms. The topological polar surface area (TPSA) is 78.0 Å². The Bertz CT molecular complexity index is 885. The van der Waals surface area contributed by atoms with E-state index in [9.17, 15) is 0 Å². The van der Waals surface area contributed by atoms with Gasteiger partial charge in [0.1, 0.15) is 6.33 Å². The number of rotatable bonds is 6. The van der Waals surface area contributed by atoms with E-state index < -0.39 is 0 Å². The van der Waals surface area contributed by atoms with Gasteiger partial charge >= 0.3 is 0 Å². The number of hydrogen-bond acceptors (Lipinski definition) is 3. The van der Waals surface area contributed by atoms with Crippen LogP contribution in [0.25, 0.3) is 11.4 Å². The molecule has 0 aliphatic carbocycles. The summed E-state index contributed by atoms with van der Waals surface area (Å²) in [6, 6.07) is 14.9. The third kappa shape index (κ3) is 6.33. The van der Waals surface area contributed by atoms with E-state index in [0.29, 0.717) is 6.54 Å². The molecule has 0 amide bonds. The Kier molecular flexibility index (Phi) is 8.43. The van der Waals surface area contributed by atoms with Crippen molar-refractivity contribution < 1.29 is 0 Å². The average Bonchev–Trinajstić information content (AvgIpc) is 3.19. The fourth-order valence-corrected chi connectivity index (χ4v) is 3.12. The Morgan fingerprint density at radius 2 is 1.82 bits per heavy atom. The number of H-pyrrole nitrogens is 1. The van der Waals surface area contributed by atoms with E-state index >= 15 is 0 Å². The van der Waals surface area contributed by atoms with Gasteiger partial charge in [-0.15, -0.1) is 24.0 Å². The molecule has 0 bridgehead atoms. The van der Waals surface area contributed by atoms with Crippen molar-refractivity contribution in [3.05, 3.63) is 71.0 Å². The monoisotopic (exact) mass is 490 g/mol. The Balaban J connectivity index is 0.00000280. The second kappa shape index (κ2) is 10.8. The molecule has 0 radical (unpaired) electrons. The molecule has 3 rings (SSSR count). The molecular formula is C21H27IN6. The van der Waals surface area contributed by atoms with Crippen molar-refractivity contribution in [3.63, 3.8) is 0 Å². The molecule has 0 saturated heterocycles. The van der Waals surface area contributed by atoms with Gasteiger partial charge in [-0.25, -0.2) is 4.98 Å². The van der Waals surface area contributed by atoms with Crippen molar-refractivity contribution in [2.24, 2.45) is 4.99 Å². The summed E-state index contributed by atoms with van der Waals surface area (Å²) in [5.41, 5.74) is 6.12. The van der Waals surface area contributed by atoms with Gasteiger partial charge in [-0.3, -0.25) is 10.1 Å². The number of aryl methyl sites for hydroxylation is 2. The fourth-order valence-electron chi connectivity index (χ4n) is 3.12. The van der Waals surface area contributed by atoms with Crippen molar-refractivity contribution in [2.75, 3.05) is 13.6 Å². The molecule has 0 fully saturated rings. The van der Waals surface area contributed by atoms with Gasteiger partial charge in [0.25, 0.3) is 0 Å². The highest BCUT2D eigenvalue weighted by Crippen LogP contribution is 2.15. The van der Waals surface area contributed by atoms with Crippen molar-refractivity contribution in [2.45, 2.75) is 26.8 Å². The van der Waals surface area contributed by atoms with Gasteiger partial charge in [0.2, 0.25) is 0 Å². The largest absolute Gasteiger partial charge is 0.356 e. The number of aliphatic imine (C=N–C) groups is 1. The van der Waals surface area contributed by atoms with Gasteiger partial charge in [-0.2, -0.15) is 5.10 Å². The standard InChI is InChI=1S/C21H26N6.HI/c1-15-9-16(2)11-17(10-15)7-8-23-21(22-3)24-13-18-5-4-6-19(12-18)20-25-14-26-27-20;/h4-6,9-12,14H,7-8,13H2,1-3H3,(H2,22,23,24)(H,25,26,27);1H. The van der Waals surface area contributed by atoms with E-state index in [1.54, 1.807) is 7.05 Å². The summed E-state index contributed by atoms with van der Waals surface area (Å²) in [5, 5.41) is 13.5. The van der Waals surface area contributed by atoms with Gasteiger partial charge in [-0.1, -0.05) is 47.5 Å². The van der Waals surface area contributed by atoms with Crippen LogP contribution in [0.1, 0.15) is 22.3 Å². The van der Waals surface area contributed by atoms with E-state index in [2.05, 4.69) is 75.0 Å². The number of aromatic amines is 1. The molecule has 0 aliphatic rings. The molecular weight excluding hydrogens is 463 g/mol. The van der Waals surface area contributed by atoms with Gasteiger partial charge < -0.3 is 10.6 Å². The van der Waals surface area contributed by atoms with Crippen LogP contribution in [0.2, 0.25) is 0 Å². The fraction of sp³-hybridized carbons (Fsp3) is 0.286. The molecule has 148 valence electrons. The summed E-state index contributed by atoms with van der Waals surface area (Å²) < 4.78 is 0. The number of nitrogens with one attached hydrogen (secondary N) is 3. The highest BCUT2D eigenvalue weighted by Gasteiger charge is 2.03. The minimum atomic E-state index is 0. The first-order chi connectivity index (χ1) is 13.1. The number of hydrogen-bond donors (Lipinski definition) is 3. The van der Waals surface area contributed by atoms with Crippen LogP contribution in [0, 0.1) is 13.8 Å². The Morgan fingerprint density at radius 1 is 1.04 bits per heavy atom. The van der Waals surface area contributed by atoms with Crippen LogP contribution >= 0.6 is 24.0 Å². The van der Waals surface area contributed by atoms with Gasteiger partial charge in [-0.05, 0) is 37.5 Å². The van der Waals surface area contributed by atoms with E-state index in [4.69, 9.17) is 0 Å². The Labute approximate surface area is 183 Å². The number of nitrogens with zero attached hydrogens (tertiary/aromatic N) is 3. The molecule has 3 N–H and O–H groups in total. The van der Waals surface area contributed by atoms with Gasteiger partial charge in [0.15, 0.2) is 11.8 Å². The van der Waals surface area contributed by atoms with Crippen molar-refractivity contribution in [1.29, 1.82) is 0 Å². The molecule has 28 heavy (non-hydrogen) atoms. The number of halogens is 1. The first kappa shape index (κ1) is 21.9. The third-order valence-corrected chi connectivity index (χ3v) is 4.29. The van der Waals surface area contributed by atoms with Crippen LogP contribution in [0.4, 0.5) is 0 Å². The molecule has 0 aliphatic heterocycles. The Morgan fingerprint density at radius 3 is 2.50 bits per heavy atom. The highest BCUT2D eigenvalue weighted by molar-refractivity contribution is 14.0. The van der Waals surface area contributed by atoms with E-state index in [0.717, 1.165) is 35.9 Å². The normalized spacial score (nSPS) is 11.0. The zero-order chi connectivity index (χ0) is 19.1. The maximum absolute atomic E-state index is 4.31. The predicted molar refractivity (Wildman–Crippen MR) is 125 cm³/mol. The molecule has 6 nitrogen and oxygen atoms in total. The predicted octanol–water partition coefficient (Wildman–Crippen LogP) is 3.61. The second-order valence-corrected chi connectivity index (χ2v) is 6.63. The molecule has 3 aromatic rings. The molecule has 0 unspecified atom stereocenters. The van der Waals surface area contributed by atoms with E-state index in [-0.39, 0.29) is 24.0 Å². The number of aromatic nitrogens is 3. The highest BCUT2D eigenvalue weighted by atomic mass is 127. The first-order valence-electron chi connectivity index (χ1n) is 9.10. The molecule has 0 atom stereocenters. The lowest BCUT2D eigenvalue weighted by Crippen LogP contribution is -2.37. The van der Waals surface area contributed by atoms with Gasteiger partial charge in [0.05, 0.1) is 0 Å². The maximum Gasteiger partial charge on any atom is 0.191 e. The quantitative estimate of drug-likeness (QED) is 0.280. The second-order valence-electron chi connectivity index (χ2n) is 6.63. The van der Waals surface area contributed by atoms with Crippen molar-refractivity contribution in [3.8, 4) is 11.4 Å². The zero-order valence-electron chi connectivity index (χ0n) is 16.5. The molecule has 2 aromatic carbocycles. The summed E-state index contributed by atoms with van der Waals surface area (Å²) in [7, 11) is 1.79.